The lowest BCUT2D eigenvalue weighted by atomic mass is 9.85. The maximum absolute atomic E-state index is 13.7. The van der Waals surface area contributed by atoms with Gasteiger partial charge in [0, 0.05) is 44.0 Å². The molecule has 3 rings (SSSR count). The van der Waals surface area contributed by atoms with Gasteiger partial charge < -0.3 is 26.7 Å². The Morgan fingerprint density at radius 3 is 2.45 bits per heavy atom. The molecule has 0 saturated carbocycles. The van der Waals surface area contributed by atoms with Gasteiger partial charge in [0.2, 0.25) is 5.91 Å². The third kappa shape index (κ3) is 5.69. The van der Waals surface area contributed by atoms with E-state index in [1.54, 1.807) is 29.0 Å². The number of likely N-dealkylation sites (tertiary alicyclic amines) is 1. The number of benzene rings is 1. The van der Waals surface area contributed by atoms with Crippen molar-refractivity contribution in [3.63, 3.8) is 0 Å². The van der Waals surface area contributed by atoms with Gasteiger partial charge in [0.15, 0.2) is 5.96 Å². The van der Waals surface area contributed by atoms with Crippen LogP contribution in [0.5, 0.6) is 0 Å². The summed E-state index contributed by atoms with van der Waals surface area (Å²) >= 11 is 0. The largest absolute Gasteiger partial charge is 0.416 e. The van der Waals surface area contributed by atoms with Crippen molar-refractivity contribution in [3.8, 4) is 0 Å². The van der Waals surface area contributed by atoms with Crippen LogP contribution in [0.15, 0.2) is 35.7 Å². The Kier molecular flexibility index (Phi) is 7.06. The van der Waals surface area contributed by atoms with E-state index in [-0.39, 0.29) is 30.1 Å². The van der Waals surface area contributed by atoms with Gasteiger partial charge in [-0.1, -0.05) is 6.07 Å². The van der Waals surface area contributed by atoms with Crippen LogP contribution in [0.25, 0.3) is 0 Å². The maximum atomic E-state index is 13.7. The van der Waals surface area contributed by atoms with Gasteiger partial charge in [-0.2, -0.15) is 18.2 Å². The van der Waals surface area contributed by atoms with Gasteiger partial charge in [0.1, 0.15) is 0 Å². The Labute approximate surface area is 188 Å². The van der Waals surface area contributed by atoms with Crippen molar-refractivity contribution in [1.29, 1.82) is 0 Å². The molecule has 6 N–H and O–H groups in total. The summed E-state index contributed by atoms with van der Waals surface area (Å²) in [6.45, 7) is 0.573. The number of carbonyl (C=O) groups excluding carboxylic acids is 2. The Morgan fingerprint density at radius 2 is 1.91 bits per heavy atom. The molecule has 178 valence electrons. The van der Waals surface area contributed by atoms with Crippen molar-refractivity contribution in [1.82, 2.24) is 14.5 Å². The number of alkyl halides is 3. The van der Waals surface area contributed by atoms with E-state index in [1.807, 2.05) is 0 Å². The van der Waals surface area contributed by atoms with Crippen molar-refractivity contribution in [2.45, 2.75) is 37.4 Å². The minimum atomic E-state index is -4.66. The van der Waals surface area contributed by atoms with Gasteiger partial charge in [0.25, 0.3) is 5.91 Å². The topological polar surface area (TPSA) is 146 Å². The van der Waals surface area contributed by atoms with Gasteiger partial charge in [-0.05, 0) is 36.5 Å². The number of halogens is 3. The monoisotopic (exact) mass is 465 g/mol. The van der Waals surface area contributed by atoms with E-state index in [0.29, 0.717) is 19.3 Å². The quantitative estimate of drug-likeness (QED) is 0.446. The Morgan fingerprint density at radius 1 is 1.24 bits per heavy atom. The molecule has 1 aromatic heterocycles. The van der Waals surface area contributed by atoms with Crippen LogP contribution < -0.4 is 17.2 Å². The number of hydrogen-bond acceptors (Lipinski definition) is 4. The summed E-state index contributed by atoms with van der Waals surface area (Å²) in [5, 5.41) is 0. The highest BCUT2D eigenvalue weighted by molar-refractivity contribution is 6.02. The molecular formula is C21H26F3N7O2. The molecule has 9 nitrogen and oxygen atoms in total. The SMILES string of the molecule is Cn1cncc1C[C@@H](N)C(=O)N1CCC(c2ccc(C(=O)N=C(N)N)cc2C(F)(F)F)CC1. The summed E-state index contributed by atoms with van der Waals surface area (Å²) in [6, 6.07) is 2.57. The third-order valence-electron chi connectivity index (χ3n) is 5.75. The standard InChI is InChI=1S/C21H26F3N7O2/c1-30-11-28-10-14(30)9-17(25)19(33)31-6-4-12(5-7-31)15-3-2-13(18(32)29-20(26)27)8-16(15)21(22,23)24/h2-3,8,10-12,17H,4-7,9,25H2,1H3,(H4,26,27,29,32)/t17-/m1/s1. The number of piperidine rings is 1. The second kappa shape index (κ2) is 9.61. The predicted octanol–water partition coefficient (Wildman–Crippen LogP) is 1.13. The summed E-state index contributed by atoms with van der Waals surface area (Å²) in [4.78, 5) is 33.6. The van der Waals surface area contributed by atoms with E-state index in [2.05, 4.69) is 9.98 Å². The number of nitrogens with zero attached hydrogens (tertiary/aromatic N) is 4. The molecule has 33 heavy (non-hydrogen) atoms. The fourth-order valence-electron chi connectivity index (χ4n) is 4.01. The van der Waals surface area contributed by atoms with Gasteiger partial charge >= 0.3 is 6.18 Å². The Balaban J connectivity index is 1.72. The lowest BCUT2D eigenvalue weighted by Crippen LogP contribution is -2.48. The summed E-state index contributed by atoms with van der Waals surface area (Å²) in [5.41, 5.74) is 16.1. The van der Waals surface area contributed by atoms with E-state index >= 15 is 0 Å². The predicted molar refractivity (Wildman–Crippen MR) is 115 cm³/mol. The number of rotatable bonds is 5. The molecule has 1 saturated heterocycles. The van der Waals surface area contributed by atoms with Gasteiger partial charge in [0.05, 0.1) is 17.9 Å². The van der Waals surface area contributed by atoms with E-state index in [4.69, 9.17) is 17.2 Å². The zero-order valence-electron chi connectivity index (χ0n) is 18.0. The first kappa shape index (κ1) is 24.2. The molecule has 1 aliphatic rings. The van der Waals surface area contributed by atoms with Gasteiger partial charge in [-0.3, -0.25) is 9.59 Å². The Bertz CT molecular complexity index is 1050. The number of carbonyl (C=O) groups is 2. The molecule has 0 radical (unpaired) electrons. The van der Waals surface area contributed by atoms with Crippen LogP contribution >= 0.6 is 0 Å². The minimum absolute atomic E-state index is 0.0787. The normalized spacial score (nSPS) is 15.8. The van der Waals surface area contributed by atoms with Crippen LogP contribution in [0, 0.1) is 0 Å². The fourth-order valence-corrected chi connectivity index (χ4v) is 4.01. The second-order valence-electron chi connectivity index (χ2n) is 8.05. The number of nitrogens with two attached hydrogens (primary N) is 3. The van der Waals surface area contributed by atoms with E-state index in [1.165, 1.54) is 12.1 Å². The van der Waals surface area contributed by atoms with Crippen LogP contribution in [-0.2, 0) is 24.4 Å². The summed E-state index contributed by atoms with van der Waals surface area (Å²) < 4.78 is 43.0. The first-order valence-electron chi connectivity index (χ1n) is 10.3. The fraction of sp³-hybridized carbons (Fsp3) is 0.429. The van der Waals surface area contributed by atoms with Gasteiger partial charge in [-0.25, -0.2) is 4.98 Å². The number of imidazole rings is 1. The van der Waals surface area contributed by atoms with Crippen molar-refractivity contribution in [2.75, 3.05) is 13.1 Å². The molecule has 2 amide bonds. The molecule has 2 aromatic rings. The minimum Gasteiger partial charge on any atom is -0.370 e. The number of hydrogen-bond donors (Lipinski definition) is 3. The summed E-state index contributed by atoms with van der Waals surface area (Å²) in [5.74, 6) is -2.15. The van der Waals surface area contributed by atoms with Crippen molar-refractivity contribution in [3.05, 3.63) is 53.1 Å². The smallest absolute Gasteiger partial charge is 0.370 e. The first-order valence-corrected chi connectivity index (χ1v) is 10.3. The highest BCUT2D eigenvalue weighted by atomic mass is 19.4. The van der Waals surface area contributed by atoms with Crippen LogP contribution in [-0.4, -0.2) is 51.4 Å². The van der Waals surface area contributed by atoms with E-state index in [0.717, 1.165) is 11.8 Å². The third-order valence-corrected chi connectivity index (χ3v) is 5.75. The molecular weight excluding hydrogens is 439 g/mol. The second-order valence-corrected chi connectivity index (χ2v) is 8.05. The molecule has 1 aromatic carbocycles. The average molecular weight is 465 g/mol. The zero-order chi connectivity index (χ0) is 24.3. The summed E-state index contributed by atoms with van der Waals surface area (Å²) in [6.07, 6.45) is -0.407. The molecule has 0 spiro atoms. The zero-order valence-corrected chi connectivity index (χ0v) is 18.0. The van der Waals surface area contributed by atoms with E-state index in [9.17, 15) is 22.8 Å². The van der Waals surface area contributed by atoms with Crippen LogP contribution in [0.1, 0.15) is 45.9 Å². The number of aryl methyl sites for hydroxylation is 1. The average Bonchev–Trinajstić information content (AvgIpc) is 3.16. The first-order chi connectivity index (χ1) is 15.5. The molecule has 0 bridgehead atoms. The highest BCUT2D eigenvalue weighted by Gasteiger charge is 2.37. The molecule has 2 heterocycles. The number of amides is 2. The van der Waals surface area contributed by atoms with Crippen molar-refractivity contribution in [2.24, 2.45) is 29.2 Å². The maximum Gasteiger partial charge on any atom is 0.416 e. The number of aliphatic imine (C=N–C) groups is 1. The molecule has 0 unspecified atom stereocenters. The lowest BCUT2D eigenvalue weighted by Gasteiger charge is -2.34. The highest BCUT2D eigenvalue weighted by Crippen LogP contribution is 2.39. The Hall–Kier alpha value is -3.41. The van der Waals surface area contributed by atoms with Gasteiger partial charge in [-0.15, -0.1) is 0 Å². The summed E-state index contributed by atoms with van der Waals surface area (Å²) in [7, 11) is 1.80. The van der Waals surface area contributed by atoms with Crippen molar-refractivity contribution >= 4 is 17.8 Å². The number of guanidine groups is 1. The molecule has 1 atom stereocenters. The number of aromatic nitrogens is 2. The molecule has 0 aliphatic carbocycles. The van der Waals surface area contributed by atoms with Crippen LogP contribution in [0.2, 0.25) is 0 Å². The lowest BCUT2D eigenvalue weighted by molar-refractivity contribution is -0.139. The molecule has 1 aliphatic heterocycles. The molecule has 12 heteroatoms. The van der Waals surface area contributed by atoms with E-state index < -0.39 is 35.6 Å². The van der Waals surface area contributed by atoms with Crippen LogP contribution in [0.3, 0.4) is 0 Å². The molecule has 1 fully saturated rings. The van der Waals surface area contributed by atoms with Crippen molar-refractivity contribution < 1.29 is 22.8 Å². The van der Waals surface area contributed by atoms with Crippen LogP contribution in [0.4, 0.5) is 13.2 Å².